The van der Waals surface area contributed by atoms with Crippen LogP contribution in [0.3, 0.4) is 0 Å². The van der Waals surface area contributed by atoms with Gasteiger partial charge in [-0.3, -0.25) is 19.7 Å². The van der Waals surface area contributed by atoms with Crippen molar-refractivity contribution < 1.29 is 14.5 Å². The van der Waals surface area contributed by atoms with Crippen LogP contribution in [0.25, 0.3) is 0 Å². The van der Waals surface area contributed by atoms with Crippen LogP contribution in [0.1, 0.15) is 20.7 Å². The van der Waals surface area contributed by atoms with E-state index in [4.69, 9.17) is 11.5 Å². The van der Waals surface area contributed by atoms with Crippen LogP contribution in [-0.4, -0.2) is 16.7 Å². The lowest BCUT2D eigenvalue weighted by Crippen LogP contribution is -2.16. The molecule has 0 radical (unpaired) electrons. The SMILES string of the molecule is NC(=O)c1cc(C(N)=O)cc([N+](=O)[O-])c1. The van der Waals surface area contributed by atoms with E-state index in [2.05, 4.69) is 0 Å². The third kappa shape index (κ3) is 2.27. The first-order valence-electron chi connectivity index (χ1n) is 3.81. The van der Waals surface area contributed by atoms with Gasteiger partial charge >= 0.3 is 0 Å². The second kappa shape index (κ2) is 3.74. The summed E-state index contributed by atoms with van der Waals surface area (Å²) in [4.78, 5) is 31.3. The fourth-order valence-corrected chi connectivity index (χ4v) is 1.00. The van der Waals surface area contributed by atoms with Crippen LogP contribution in [-0.2, 0) is 0 Å². The summed E-state index contributed by atoms with van der Waals surface area (Å²) in [5, 5.41) is 10.5. The fourth-order valence-electron chi connectivity index (χ4n) is 1.00. The highest BCUT2D eigenvalue weighted by Gasteiger charge is 2.14. The molecule has 0 aliphatic heterocycles. The third-order valence-electron chi connectivity index (χ3n) is 1.70. The minimum absolute atomic E-state index is 0.127. The summed E-state index contributed by atoms with van der Waals surface area (Å²) in [6.07, 6.45) is 0. The first kappa shape index (κ1) is 10.6. The van der Waals surface area contributed by atoms with Crippen molar-refractivity contribution >= 4 is 17.5 Å². The molecule has 0 aromatic heterocycles. The monoisotopic (exact) mass is 209 g/mol. The van der Waals surface area contributed by atoms with Gasteiger partial charge in [-0.2, -0.15) is 0 Å². The number of nitrogens with two attached hydrogens (primary N) is 2. The highest BCUT2D eigenvalue weighted by Crippen LogP contribution is 2.16. The maximum Gasteiger partial charge on any atom is 0.271 e. The van der Waals surface area contributed by atoms with E-state index < -0.39 is 22.4 Å². The molecule has 1 aromatic rings. The minimum Gasteiger partial charge on any atom is -0.366 e. The number of benzene rings is 1. The largest absolute Gasteiger partial charge is 0.366 e. The molecule has 2 amide bonds. The van der Waals surface area contributed by atoms with Crippen LogP contribution in [0.4, 0.5) is 5.69 Å². The lowest BCUT2D eigenvalue weighted by molar-refractivity contribution is -0.384. The predicted octanol–water partition coefficient (Wildman–Crippen LogP) is -0.207. The molecule has 0 unspecified atom stereocenters. The molecule has 0 fully saturated rings. The highest BCUT2D eigenvalue weighted by atomic mass is 16.6. The lowest BCUT2D eigenvalue weighted by Gasteiger charge is -1.99. The Labute approximate surface area is 83.8 Å². The molecule has 0 bridgehead atoms. The van der Waals surface area contributed by atoms with E-state index in [9.17, 15) is 19.7 Å². The van der Waals surface area contributed by atoms with Gasteiger partial charge in [-0.1, -0.05) is 0 Å². The van der Waals surface area contributed by atoms with Crippen molar-refractivity contribution in [2.45, 2.75) is 0 Å². The third-order valence-corrected chi connectivity index (χ3v) is 1.70. The maximum absolute atomic E-state index is 10.8. The fraction of sp³-hybridized carbons (Fsp3) is 0. The summed E-state index contributed by atoms with van der Waals surface area (Å²) in [7, 11) is 0. The topological polar surface area (TPSA) is 129 Å². The molecule has 7 nitrogen and oxygen atoms in total. The van der Waals surface area contributed by atoms with E-state index in [0.29, 0.717) is 0 Å². The van der Waals surface area contributed by atoms with Gasteiger partial charge in [0.05, 0.1) is 4.92 Å². The van der Waals surface area contributed by atoms with E-state index >= 15 is 0 Å². The van der Waals surface area contributed by atoms with E-state index in [0.717, 1.165) is 18.2 Å². The van der Waals surface area contributed by atoms with Gasteiger partial charge in [0.25, 0.3) is 5.69 Å². The minimum atomic E-state index is -0.860. The predicted molar refractivity (Wildman–Crippen MR) is 50.1 cm³/mol. The second-order valence-electron chi connectivity index (χ2n) is 2.75. The van der Waals surface area contributed by atoms with Gasteiger partial charge in [0, 0.05) is 23.3 Å². The smallest absolute Gasteiger partial charge is 0.271 e. The van der Waals surface area contributed by atoms with Crippen LogP contribution in [0.2, 0.25) is 0 Å². The van der Waals surface area contributed by atoms with Crippen molar-refractivity contribution in [3.63, 3.8) is 0 Å². The van der Waals surface area contributed by atoms with Crippen LogP contribution >= 0.6 is 0 Å². The standard InChI is InChI=1S/C8H7N3O4/c9-7(12)4-1-5(8(10)13)3-6(2-4)11(14)15/h1-3H,(H2,9,12)(H2,10,13). The Morgan fingerprint density at radius 2 is 1.47 bits per heavy atom. The normalized spacial score (nSPS) is 9.60. The average Bonchev–Trinajstić information content (AvgIpc) is 2.16. The van der Waals surface area contributed by atoms with Crippen molar-refractivity contribution in [2.24, 2.45) is 11.5 Å². The van der Waals surface area contributed by atoms with Gasteiger partial charge < -0.3 is 11.5 Å². The number of carbonyl (C=O) groups excluding carboxylic acids is 2. The van der Waals surface area contributed by atoms with Crippen LogP contribution in [0.15, 0.2) is 18.2 Å². The Morgan fingerprint density at radius 1 is 1.07 bits per heavy atom. The molecule has 7 heteroatoms. The molecule has 1 aromatic carbocycles. The van der Waals surface area contributed by atoms with Crippen LogP contribution in [0, 0.1) is 10.1 Å². The summed E-state index contributed by atoms with van der Waals surface area (Å²) >= 11 is 0. The quantitative estimate of drug-likeness (QED) is 0.526. The molecule has 4 N–H and O–H groups in total. The Hall–Kier alpha value is -2.44. The van der Waals surface area contributed by atoms with Crippen molar-refractivity contribution in [3.8, 4) is 0 Å². The number of primary amides is 2. The van der Waals surface area contributed by atoms with Gasteiger partial charge in [-0.05, 0) is 6.07 Å². The van der Waals surface area contributed by atoms with Crippen LogP contribution < -0.4 is 11.5 Å². The van der Waals surface area contributed by atoms with Crippen molar-refractivity contribution in [3.05, 3.63) is 39.4 Å². The Bertz CT molecular complexity index is 376. The van der Waals surface area contributed by atoms with Crippen molar-refractivity contribution in [2.75, 3.05) is 0 Å². The number of rotatable bonds is 3. The number of nitro benzene ring substituents is 1. The first-order valence-corrected chi connectivity index (χ1v) is 3.81. The molecule has 0 aliphatic carbocycles. The molecule has 0 spiro atoms. The summed E-state index contributed by atoms with van der Waals surface area (Å²) < 4.78 is 0. The number of hydrogen-bond acceptors (Lipinski definition) is 4. The number of non-ortho nitro benzene ring substituents is 1. The number of nitrogens with zero attached hydrogens (tertiary/aromatic N) is 1. The number of nitro groups is 1. The molecular formula is C8H7N3O4. The molecule has 78 valence electrons. The van der Waals surface area contributed by atoms with Gasteiger partial charge in [-0.15, -0.1) is 0 Å². The molecule has 0 saturated carbocycles. The first-order chi connectivity index (χ1) is 6.91. The van der Waals surface area contributed by atoms with Gasteiger partial charge in [-0.25, -0.2) is 0 Å². The Kier molecular flexibility index (Phi) is 2.65. The maximum atomic E-state index is 10.8. The lowest BCUT2D eigenvalue weighted by atomic mass is 10.1. The molecule has 15 heavy (non-hydrogen) atoms. The summed E-state index contributed by atoms with van der Waals surface area (Å²) in [6, 6.07) is 3.07. The zero-order chi connectivity index (χ0) is 11.6. The van der Waals surface area contributed by atoms with E-state index in [1.165, 1.54) is 0 Å². The van der Waals surface area contributed by atoms with Gasteiger partial charge in [0.1, 0.15) is 0 Å². The van der Waals surface area contributed by atoms with Crippen molar-refractivity contribution in [1.82, 2.24) is 0 Å². The molecule has 0 atom stereocenters. The van der Waals surface area contributed by atoms with Crippen molar-refractivity contribution in [1.29, 1.82) is 0 Å². The Balaban J connectivity index is 3.39. The molecule has 1 rings (SSSR count). The molecule has 0 heterocycles. The van der Waals surface area contributed by atoms with E-state index in [1.807, 2.05) is 0 Å². The molecular weight excluding hydrogens is 202 g/mol. The summed E-state index contributed by atoms with van der Waals surface area (Å²) in [5.41, 5.74) is 9.22. The molecule has 0 aliphatic rings. The zero-order valence-electron chi connectivity index (χ0n) is 7.47. The van der Waals surface area contributed by atoms with E-state index in [-0.39, 0.29) is 11.1 Å². The van der Waals surface area contributed by atoms with E-state index in [1.54, 1.807) is 0 Å². The second-order valence-corrected chi connectivity index (χ2v) is 2.75. The number of carbonyl (C=O) groups is 2. The Morgan fingerprint density at radius 3 is 1.73 bits per heavy atom. The number of hydrogen-bond donors (Lipinski definition) is 2. The summed E-state index contributed by atoms with van der Waals surface area (Å²) in [6.45, 7) is 0. The molecule has 0 saturated heterocycles. The highest BCUT2D eigenvalue weighted by molar-refractivity contribution is 5.99. The zero-order valence-corrected chi connectivity index (χ0v) is 7.47. The van der Waals surface area contributed by atoms with Gasteiger partial charge in [0.15, 0.2) is 0 Å². The van der Waals surface area contributed by atoms with Crippen LogP contribution in [0.5, 0.6) is 0 Å². The number of amides is 2. The average molecular weight is 209 g/mol. The summed E-state index contributed by atoms with van der Waals surface area (Å²) in [5.74, 6) is -1.72. The van der Waals surface area contributed by atoms with Gasteiger partial charge in [0.2, 0.25) is 11.8 Å².